The van der Waals surface area contributed by atoms with Crippen LogP contribution in [0.1, 0.15) is 73.6 Å². The predicted octanol–water partition coefficient (Wildman–Crippen LogP) is 16.5. The lowest BCUT2D eigenvalue weighted by molar-refractivity contribution is 0.561. The van der Waals surface area contributed by atoms with Gasteiger partial charge in [-0.3, -0.25) is 0 Å². The standard InChI is InChI=1S/C62H51N/c1-60(2,3)56-25-16-26-57-59(56)51-21-12-13-22-52(51)62(57)55-24-15-14-23-53(55)61(4,5)54-40-33-47(41-58(54)62)46-31-38-50(39-32-46)63(48-34-27-44(28-35-48)42-17-8-6-9-18-42)49-36-29-45(30-37-49)43-19-10-7-11-20-43/h6-41H,1-5H3. The molecule has 0 heterocycles. The highest BCUT2D eigenvalue weighted by atomic mass is 15.1. The van der Waals surface area contributed by atoms with Gasteiger partial charge in [-0.15, -0.1) is 0 Å². The van der Waals surface area contributed by atoms with Crippen molar-refractivity contribution in [1.82, 2.24) is 0 Å². The van der Waals surface area contributed by atoms with Crippen LogP contribution >= 0.6 is 0 Å². The van der Waals surface area contributed by atoms with E-state index in [1.807, 2.05) is 0 Å². The van der Waals surface area contributed by atoms with E-state index in [0.29, 0.717) is 0 Å². The van der Waals surface area contributed by atoms with E-state index in [1.54, 1.807) is 0 Å². The maximum absolute atomic E-state index is 2.53. The summed E-state index contributed by atoms with van der Waals surface area (Å²) < 4.78 is 0. The van der Waals surface area contributed by atoms with Gasteiger partial charge >= 0.3 is 0 Å². The van der Waals surface area contributed by atoms with Crippen molar-refractivity contribution >= 4 is 17.1 Å². The molecule has 9 aromatic carbocycles. The van der Waals surface area contributed by atoms with E-state index in [-0.39, 0.29) is 10.8 Å². The normalized spacial score (nSPS) is 15.6. The molecule has 0 saturated carbocycles. The van der Waals surface area contributed by atoms with Crippen molar-refractivity contribution in [1.29, 1.82) is 0 Å². The third-order valence-electron chi connectivity index (χ3n) is 13.9. The molecule has 1 heteroatoms. The first kappa shape index (κ1) is 38.7. The average Bonchev–Trinajstić information content (AvgIpc) is 3.63. The van der Waals surface area contributed by atoms with Crippen molar-refractivity contribution in [2.75, 3.05) is 4.90 Å². The molecule has 1 unspecified atom stereocenters. The summed E-state index contributed by atoms with van der Waals surface area (Å²) in [7, 11) is 0. The van der Waals surface area contributed by atoms with E-state index in [1.165, 1.54) is 83.5 Å². The molecule has 9 aromatic rings. The highest BCUT2D eigenvalue weighted by Crippen LogP contribution is 2.63. The Morgan fingerprint density at radius 3 is 1.29 bits per heavy atom. The predicted molar refractivity (Wildman–Crippen MR) is 266 cm³/mol. The first-order valence-electron chi connectivity index (χ1n) is 22.3. The summed E-state index contributed by atoms with van der Waals surface area (Å²) in [6.45, 7) is 11.9. The lowest BCUT2D eigenvalue weighted by Crippen LogP contribution is -2.40. The van der Waals surface area contributed by atoms with E-state index in [2.05, 4.69) is 258 Å². The largest absolute Gasteiger partial charge is 0.311 e. The minimum Gasteiger partial charge on any atom is -0.311 e. The molecule has 63 heavy (non-hydrogen) atoms. The number of fused-ring (bicyclic) bond motifs is 9. The number of benzene rings is 9. The highest BCUT2D eigenvalue weighted by Gasteiger charge is 2.54. The molecule has 0 aliphatic heterocycles. The quantitative estimate of drug-likeness (QED) is 0.162. The molecule has 0 aromatic heterocycles. The smallest absolute Gasteiger partial charge is 0.0719 e. The fourth-order valence-corrected chi connectivity index (χ4v) is 10.9. The van der Waals surface area contributed by atoms with Gasteiger partial charge in [-0.25, -0.2) is 0 Å². The summed E-state index contributed by atoms with van der Waals surface area (Å²) in [5.74, 6) is 0. The lowest BCUT2D eigenvalue weighted by Gasteiger charge is -2.47. The lowest BCUT2D eigenvalue weighted by atomic mass is 9.55. The van der Waals surface area contributed by atoms with Crippen molar-refractivity contribution in [2.24, 2.45) is 0 Å². The molecule has 1 atom stereocenters. The topological polar surface area (TPSA) is 3.24 Å². The molecule has 2 aliphatic carbocycles. The minimum absolute atomic E-state index is 0.0222. The third-order valence-corrected chi connectivity index (χ3v) is 13.9. The fourth-order valence-electron chi connectivity index (χ4n) is 10.9. The van der Waals surface area contributed by atoms with Crippen molar-refractivity contribution in [3.63, 3.8) is 0 Å². The Balaban J connectivity index is 1.05. The second kappa shape index (κ2) is 14.7. The van der Waals surface area contributed by atoms with Crippen LogP contribution in [0.5, 0.6) is 0 Å². The van der Waals surface area contributed by atoms with E-state index in [9.17, 15) is 0 Å². The van der Waals surface area contributed by atoms with Gasteiger partial charge < -0.3 is 4.90 Å². The summed E-state index contributed by atoms with van der Waals surface area (Å²) >= 11 is 0. The van der Waals surface area contributed by atoms with Crippen LogP contribution in [0.25, 0.3) is 44.5 Å². The monoisotopic (exact) mass is 809 g/mol. The molecule has 2 aliphatic rings. The molecule has 0 bridgehead atoms. The second-order valence-corrected chi connectivity index (χ2v) is 18.9. The summed E-state index contributed by atoms with van der Waals surface area (Å²) in [6, 6.07) is 81.2. The van der Waals surface area contributed by atoms with Crippen LogP contribution in [-0.2, 0) is 16.2 Å². The molecule has 0 amide bonds. The minimum atomic E-state index is -0.459. The summed E-state index contributed by atoms with van der Waals surface area (Å²) in [5, 5.41) is 0. The molecule has 0 radical (unpaired) electrons. The Kier molecular flexibility index (Phi) is 9.03. The van der Waals surface area contributed by atoms with E-state index < -0.39 is 5.41 Å². The Morgan fingerprint density at radius 1 is 0.333 bits per heavy atom. The highest BCUT2D eigenvalue weighted by molar-refractivity contribution is 5.91. The summed E-state index contributed by atoms with van der Waals surface area (Å²) in [4.78, 5) is 2.37. The molecule has 0 fully saturated rings. The van der Waals surface area contributed by atoms with Gasteiger partial charge in [-0.05, 0) is 131 Å². The first-order valence-corrected chi connectivity index (χ1v) is 22.3. The molecular formula is C62H51N. The maximum Gasteiger partial charge on any atom is 0.0719 e. The van der Waals surface area contributed by atoms with Gasteiger partial charge in [0.2, 0.25) is 0 Å². The van der Waals surface area contributed by atoms with Crippen molar-refractivity contribution in [3.05, 3.63) is 257 Å². The van der Waals surface area contributed by atoms with Crippen molar-refractivity contribution in [3.8, 4) is 44.5 Å². The number of nitrogens with zero attached hydrogens (tertiary/aromatic N) is 1. The van der Waals surface area contributed by atoms with Crippen molar-refractivity contribution in [2.45, 2.75) is 50.9 Å². The Labute approximate surface area is 373 Å². The maximum atomic E-state index is 2.53. The number of rotatable bonds is 6. The molecule has 1 spiro atoms. The van der Waals surface area contributed by atoms with Gasteiger partial charge in [0.1, 0.15) is 0 Å². The zero-order chi connectivity index (χ0) is 42.9. The number of hydrogen-bond acceptors (Lipinski definition) is 1. The number of hydrogen-bond donors (Lipinski definition) is 0. The summed E-state index contributed by atoms with van der Waals surface area (Å²) in [5.41, 5.74) is 22.4. The second-order valence-electron chi connectivity index (χ2n) is 18.9. The van der Waals surface area contributed by atoms with Gasteiger partial charge in [-0.1, -0.05) is 211 Å². The zero-order valence-electron chi connectivity index (χ0n) is 36.7. The van der Waals surface area contributed by atoms with Crippen LogP contribution in [0.2, 0.25) is 0 Å². The molecular weight excluding hydrogens is 759 g/mol. The van der Waals surface area contributed by atoms with Crippen LogP contribution < -0.4 is 4.90 Å². The SMILES string of the molecule is CC(C)(C)c1cccc2c1-c1ccccc1C21c2ccccc2C(C)(C)c2ccc(-c3ccc(N(c4ccc(-c5ccccc5)cc4)c4ccc(-c5ccccc5)cc4)cc3)cc21. The van der Waals surface area contributed by atoms with Crippen LogP contribution in [0.15, 0.2) is 218 Å². The van der Waals surface area contributed by atoms with Crippen LogP contribution in [-0.4, -0.2) is 0 Å². The van der Waals surface area contributed by atoms with E-state index >= 15 is 0 Å². The Morgan fingerprint density at radius 2 is 0.746 bits per heavy atom. The van der Waals surface area contributed by atoms with Crippen LogP contribution in [0, 0.1) is 0 Å². The average molecular weight is 810 g/mol. The molecule has 304 valence electrons. The molecule has 11 rings (SSSR count). The van der Waals surface area contributed by atoms with Gasteiger partial charge in [0.25, 0.3) is 0 Å². The van der Waals surface area contributed by atoms with E-state index in [0.717, 1.165) is 17.1 Å². The van der Waals surface area contributed by atoms with E-state index in [4.69, 9.17) is 0 Å². The Bertz CT molecular complexity index is 3050. The first-order chi connectivity index (χ1) is 30.6. The number of anilines is 3. The Hall–Kier alpha value is -7.22. The van der Waals surface area contributed by atoms with Gasteiger partial charge in [-0.2, -0.15) is 0 Å². The van der Waals surface area contributed by atoms with Gasteiger partial charge in [0.05, 0.1) is 5.41 Å². The van der Waals surface area contributed by atoms with Crippen LogP contribution in [0.4, 0.5) is 17.1 Å². The summed E-state index contributed by atoms with van der Waals surface area (Å²) in [6.07, 6.45) is 0. The third kappa shape index (κ3) is 6.13. The van der Waals surface area contributed by atoms with Crippen LogP contribution in [0.3, 0.4) is 0 Å². The molecule has 0 N–H and O–H groups in total. The van der Waals surface area contributed by atoms with Crippen molar-refractivity contribution < 1.29 is 0 Å². The fraction of sp³-hybridized carbons (Fsp3) is 0.129. The van der Waals surface area contributed by atoms with Gasteiger partial charge in [0.15, 0.2) is 0 Å². The molecule has 1 nitrogen and oxygen atoms in total. The van der Waals surface area contributed by atoms with Gasteiger partial charge in [0, 0.05) is 22.5 Å². The molecule has 0 saturated heterocycles. The zero-order valence-corrected chi connectivity index (χ0v) is 36.7.